The molecule has 0 aromatic heterocycles. The third kappa shape index (κ3) is 2.96. The van der Waals surface area contributed by atoms with E-state index in [1.165, 1.54) is 0 Å². The fourth-order valence-corrected chi connectivity index (χ4v) is 0.346. The second-order valence-electron chi connectivity index (χ2n) is 1.86. The summed E-state index contributed by atoms with van der Waals surface area (Å²) in [5, 5.41) is 0. The van der Waals surface area contributed by atoms with Crippen molar-refractivity contribution in [2.24, 2.45) is 5.73 Å². The molecular formula is C4H5F6N. The predicted octanol–water partition coefficient (Wildman–Crippen LogP) is 1.48. The summed E-state index contributed by atoms with van der Waals surface area (Å²) in [7, 11) is 0. The van der Waals surface area contributed by atoms with Crippen LogP contribution in [0.1, 0.15) is 0 Å². The Kier molecular flexibility index (Phi) is 3.15. The molecule has 0 bridgehead atoms. The molecule has 0 saturated heterocycles. The predicted molar refractivity (Wildman–Crippen MR) is 24.9 cm³/mol. The monoisotopic (exact) mass is 181 g/mol. The number of hydrogen-bond donors (Lipinski definition) is 1. The zero-order valence-electron chi connectivity index (χ0n) is 5.08. The van der Waals surface area contributed by atoms with Gasteiger partial charge in [0.1, 0.15) is 6.04 Å². The molecular weight excluding hydrogens is 176 g/mol. The average molecular weight is 181 g/mol. The molecule has 0 aliphatic carbocycles. The molecule has 0 aliphatic rings. The number of rotatable bonds is 2. The fraction of sp³-hybridized carbons (Fsp3) is 1.00. The Morgan fingerprint density at radius 2 is 1.36 bits per heavy atom. The highest BCUT2D eigenvalue weighted by Gasteiger charge is 2.47. The minimum Gasteiger partial charge on any atom is -0.320 e. The van der Waals surface area contributed by atoms with Gasteiger partial charge in [0.15, 0.2) is 0 Å². The van der Waals surface area contributed by atoms with Crippen molar-refractivity contribution in [1.29, 1.82) is 0 Å². The highest BCUT2D eigenvalue weighted by Crippen LogP contribution is 2.26. The largest absolute Gasteiger partial charge is 0.421 e. The minimum absolute atomic E-state index is 2.80. The second-order valence-corrected chi connectivity index (χ2v) is 1.86. The van der Waals surface area contributed by atoms with Crippen LogP contribution in [-0.2, 0) is 0 Å². The van der Waals surface area contributed by atoms with Gasteiger partial charge >= 0.3 is 6.18 Å². The van der Waals surface area contributed by atoms with E-state index in [0.29, 0.717) is 0 Å². The molecule has 0 spiro atoms. The maximum atomic E-state index is 11.8. The summed E-state index contributed by atoms with van der Waals surface area (Å²) < 4.78 is 68.3. The normalized spacial score (nSPS) is 18.5. The lowest BCUT2D eigenvalue weighted by Crippen LogP contribution is -2.46. The molecule has 0 radical (unpaired) electrons. The standard InChI is InChI=1S/C4H5F6N/c5-2(4(8,9)10)1(11)3(6)7/h1-3H,11H2. The van der Waals surface area contributed by atoms with E-state index in [-0.39, 0.29) is 0 Å². The van der Waals surface area contributed by atoms with E-state index in [1.54, 1.807) is 0 Å². The van der Waals surface area contributed by atoms with E-state index in [4.69, 9.17) is 0 Å². The fourth-order valence-electron chi connectivity index (χ4n) is 0.346. The van der Waals surface area contributed by atoms with Crippen molar-refractivity contribution >= 4 is 0 Å². The first-order chi connectivity index (χ1) is 4.76. The zero-order valence-corrected chi connectivity index (χ0v) is 5.08. The van der Waals surface area contributed by atoms with Crippen molar-refractivity contribution in [3.05, 3.63) is 0 Å². The summed E-state index contributed by atoms with van der Waals surface area (Å²) in [6.07, 6.45) is -12.5. The number of halogens is 6. The third-order valence-corrected chi connectivity index (χ3v) is 0.942. The molecule has 2 atom stereocenters. The van der Waals surface area contributed by atoms with E-state index in [0.717, 1.165) is 0 Å². The first-order valence-electron chi connectivity index (χ1n) is 2.51. The first kappa shape index (κ1) is 10.5. The number of hydrogen-bond acceptors (Lipinski definition) is 1. The molecule has 0 aromatic carbocycles. The van der Waals surface area contributed by atoms with Gasteiger partial charge in [-0.15, -0.1) is 0 Å². The smallest absolute Gasteiger partial charge is 0.320 e. The van der Waals surface area contributed by atoms with E-state index in [9.17, 15) is 26.3 Å². The molecule has 0 heterocycles. The minimum atomic E-state index is -5.31. The van der Waals surface area contributed by atoms with E-state index >= 15 is 0 Å². The molecule has 0 fully saturated rings. The van der Waals surface area contributed by atoms with Crippen molar-refractivity contribution in [2.75, 3.05) is 0 Å². The molecule has 11 heavy (non-hydrogen) atoms. The van der Waals surface area contributed by atoms with Gasteiger partial charge in [-0.25, -0.2) is 13.2 Å². The van der Waals surface area contributed by atoms with Crippen molar-refractivity contribution in [3.8, 4) is 0 Å². The van der Waals surface area contributed by atoms with Crippen LogP contribution in [0.5, 0.6) is 0 Å². The summed E-state index contributed by atoms with van der Waals surface area (Å²) in [5.74, 6) is 0. The van der Waals surface area contributed by atoms with Crippen LogP contribution in [0.3, 0.4) is 0 Å². The average Bonchev–Trinajstić information content (AvgIpc) is 1.82. The van der Waals surface area contributed by atoms with Crippen molar-refractivity contribution < 1.29 is 26.3 Å². The van der Waals surface area contributed by atoms with Gasteiger partial charge in [0.25, 0.3) is 6.43 Å². The highest BCUT2D eigenvalue weighted by atomic mass is 19.4. The lowest BCUT2D eigenvalue weighted by molar-refractivity contribution is -0.194. The van der Waals surface area contributed by atoms with Crippen molar-refractivity contribution in [3.63, 3.8) is 0 Å². The molecule has 0 saturated carbocycles. The van der Waals surface area contributed by atoms with E-state index in [2.05, 4.69) is 5.73 Å². The Hall–Kier alpha value is -0.460. The Morgan fingerprint density at radius 1 is 1.00 bits per heavy atom. The molecule has 0 rings (SSSR count). The molecule has 2 N–H and O–H groups in total. The summed E-state index contributed by atoms with van der Waals surface area (Å²) in [6, 6.07) is -2.80. The van der Waals surface area contributed by atoms with Crippen LogP contribution in [0.15, 0.2) is 0 Å². The molecule has 0 aromatic rings. The van der Waals surface area contributed by atoms with Crippen LogP contribution in [-0.4, -0.2) is 24.8 Å². The van der Waals surface area contributed by atoms with Crippen LogP contribution >= 0.6 is 0 Å². The van der Waals surface area contributed by atoms with E-state index in [1.807, 2.05) is 0 Å². The molecule has 68 valence electrons. The van der Waals surface area contributed by atoms with Gasteiger partial charge in [-0.3, -0.25) is 0 Å². The van der Waals surface area contributed by atoms with Gasteiger partial charge in [-0.2, -0.15) is 13.2 Å². The quantitative estimate of drug-likeness (QED) is 0.641. The molecule has 0 aliphatic heterocycles. The van der Waals surface area contributed by atoms with Crippen LogP contribution in [0.25, 0.3) is 0 Å². The van der Waals surface area contributed by atoms with Crippen LogP contribution in [0.4, 0.5) is 26.3 Å². The lowest BCUT2D eigenvalue weighted by atomic mass is 10.2. The molecule has 7 heteroatoms. The van der Waals surface area contributed by atoms with Gasteiger partial charge < -0.3 is 5.73 Å². The first-order valence-corrected chi connectivity index (χ1v) is 2.51. The third-order valence-electron chi connectivity index (χ3n) is 0.942. The Labute approximate surface area is 58.2 Å². The SMILES string of the molecule is NC(C(F)F)C(F)C(F)(F)F. The Balaban J connectivity index is 4.13. The number of nitrogens with two attached hydrogens (primary N) is 1. The topological polar surface area (TPSA) is 26.0 Å². The van der Waals surface area contributed by atoms with Crippen LogP contribution < -0.4 is 5.73 Å². The Bertz CT molecular complexity index is 120. The molecule has 1 nitrogen and oxygen atoms in total. The van der Waals surface area contributed by atoms with Gasteiger partial charge in [-0.05, 0) is 0 Å². The Morgan fingerprint density at radius 3 is 1.45 bits per heavy atom. The van der Waals surface area contributed by atoms with Gasteiger partial charge in [0.05, 0.1) is 0 Å². The van der Waals surface area contributed by atoms with Gasteiger partial charge in [0, 0.05) is 0 Å². The summed E-state index contributed by atoms with van der Waals surface area (Å²) >= 11 is 0. The summed E-state index contributed by atoms with van der Waals surface area (Å²) in [5.41, 5.74) is 4.20. The summed E-state index contributed by atoms with van der Waals surface area (Å²) in [4.78, 5) is 0. The lowest BCUT2D eigenvalue weighted by Gasteiger charge is -2.17. The summed E-state index contributed by atoms with van der Waals surface area (Å²) in [6.45, 7) is 0. The molecule has 2 unspecified atom stereocenters. The number of alkyl halides is 6. The zero-order chi connectivity index (χ0) is 9.23. The van der Waals surface area contributed by atoms with Gasteiger partial charge in [-0.1, -0.05) is 0 Å². The molecule has 0 amide bonds. The van der Waals surface area contributed by atoms with Crippen molar-refractivity contribution in [2.45, 2.75) is 24.8 Å². The van der Waals surface area contributed by atoms with Crippen LogP contribution in [0.2, 0.25) is 0 Å². The van der Waals surface area contributed by atoms with Crippen LogP contribution in [0, 0.1) is 0 Å². The second kappa shape index (κ2) is 3.29. The maximum absolute atomic E-state index is 11.8. The highest BCUT2D eigenvalue weighted by molar-refractivity contribution is 4.80. The van der Waals surface area contributed by atoms with Crippen molar-refractivity contribution in [1.82, 2.24) is 0 Å². The maximum Gasteiger partial charge on any atom is 0.421 e. The van der Waals surface area contributed by atoms with E-state index < -0.39 is 24.8 Å². The van der Waals surface area contributed by atoms with Gasteiger partial charge in [0.2, 0.25) is 6.17 Å².